The minimum atomic E-state index is -0.0255. The van der Waals surface area contributed by atoms with E-state index in [0.717, 1.165) is 16.5 Å². The summed E-state index contributed by atoms with van der Waals surface area (Å²) >= 11 is 0. The summed E-state index contributed by atoms with van der Waals surface area (Å²) in [7, 11) is 0. The number of hydrogen-bond acceptors (Lipinski definition) is 4. The monoisotopic (exact) mass is 279 g/mol. The van der Waals surface area contributed by atoms with E-state index in [1.165, 1.54) is 6.08 Å². The Morgan fingerprint density at radius 2 is 1.86 bits per heavy atom. The Bertz CT molecular complexity index is 758. The molecule has 0 spiro atoms. The normalized spacial score (nSPS) is 12.5. The first-order valence-corrected chi connectivity index (χ1v) is 6.53. The Morgan fingerprint density at radius 1 is 1.14 bits per heavy atom. The van der Waals surface area contributed by atoms with Crippen molar-refractivity contribution in [1.29, 1.82) is 0 Å². The predicted octanol–water partition coefficient (Wildman–Crippen LogP) is 5.04. The number of aliphatic hydroxyl groups is 1. The number of azo groups is 1. The lowest BCUT2D eigenvalue weighted by Crippen LogP contribution is -1.86. The lowest BCUT2D eigenvalue weighted by molar-refractivity contribution is 0.435. The number of allylic oxidation sites excluding steroid dienone is 3. The highest BCUT2D eigenvalue weighted by Gasteiger charge is 2.02. The van der Waals surface area contributed by atoms with E-state index >= 15 is 0 Å². The van der Waals surface area contributed by atoms with Gasteiger partial charge in [0, 0.05) is 16.5 Å². The fourth-order valence-electron chi connectivity index (χ4n) is 1.87. The third-order valence-electron chi connectivity index (χ3n) is 2.95. The molecule has 2 aromatic carbocycles. The van der Waals surface area contributed by atoms with Crippen LogP contribution in [0.1, 0.15) is 6.92 Å². The number of nitrogens with two attached hydrogens (primary N) is 1. The van der Waals surface area contributed by atoms with Gasteiger partial charge in [0.05, 0.1) is 11.4 Å². The van der Waals surface area contributed by atoms with Crippen LogP contribution in [-0.2, 0) is 0 Å². The minimum absolute atomic E-state index is 0.0255. The van der Waals surface area contributed by atoms with Crippen molar-refractivity contribution in [1.82, 2.24) is 0 Å². The Labute approximate surface area is 123 Å². The van der Waals surface area contributed by atoms with Gasteiger partial charge in [-0.1, -0.05) is 36.9 Å². The van der Waals surface area contributed by atoms with Crippen LogP contribution in [-0.4, -0.2) is 5.11 Å². The molecule has 0 saturated carbocycles. The molecule has 0 fully saturated rings. The van der Waals surface area contributed by atoms with Crippen molar-refractivity contribution in [3.8, 4) is 0 Å². The first-order chi connectivity index (χ1) is 10.1. The average molecular weight is 279 g/mol. The van der Waals surface area contributed by atoms with Crippen molar-refractivity contribution in [3.63, 3.8) is 0 Å². The minimum Gasteiger partial charge on any atom is -0.509 e. The van der Waals surface area contributed by atoms with Gasteiger partial charge in [-0.2, -0.15) is 5.11 Å². The molecule has 0 atom stereocenters. The first kappa shape index (κ1) is 14.5. The van der Waals surface area contributed by atoms with Crippen molar-refractivity contribution in [2.45, 2.75) is 6.92 Å². The molecule has 4 nitrogen and oxygen atoms in total. The average Bonchev–Trinajstić information content (AvgIpc) is 2.49. The van der Waals surface area contributed by atoms with Crippen molar-refractivity contribution in [2.24, 2.45) is 10.2 Å². The van der Waals surface area contributed by atoms with Crippen molar-refractivity contribution in [2.75, 3.05) is 5.73 Å². The van der Waals surface area contributed by atoms with E-state index in [0.29, 0.717) is 11.4 Å². The van der Waals surface area contributed by atoms with Crippen molar-refractivity contribution in [3.05, 3.63) is 72.7 Å². The molecule has 0 bridgehead atoms. The van der Waals surface area contributed by atoms with Crippen LogP contribution < -0.4 is 5.73 Å². The summed E-state index contributed by atoms with van der Waals surface area (Å²) in [6.45, 7) is 5.23. The van der Waals surface area contributed by atoms with Crippen LogP contribution in [0.2, 0.25) is 0 Å². The summed E-state index contributed by atoms with van der Waals surface area (Å²) in [5, 5.41) is 19.4. The Morgan fingerprint density at radius 3 is 2.52 bits per heavy atom. The second-order valence-electron chi connectivity index (χ2n) is 4.46. The number of rotatable bonds is 4. The van der Waals surface area contributed by atoms with Gasteiger partial charge in [0.2, 0.25) is 0 Å². The van der Waals surface area contributed by atoms with E-state index in [1.54, 1.807) is 12.2 Å². The molecule has 0 aromatic heterocycles. The topological polar surface area (TPSA) is 71.0 Å². The summed E-state index contributed by atoms with van der Waals surface area (Å²) in [6.07, 6.45) is 4.91. The standard InChI is InChI=1S/C17H17N3O/c1-3-13(9-8-12(2)21)19-20-17-11-10-16(18)14-6-4-5-7-15(14)17/h3-11,21H,2,18H2,1H3/b9-8-,13-3+,20-19+. The molecule has 0 radical (unpaired) electrons. The van der Waals surface area contributed by atoms with Crippen molar-refractivity contribution < 1.29 is 5.11 Å². The zero-order chi connectivity index (χ0) is 15.2. The molecule has 3 N–H and O–H groups in total. The third kappa shape index (κ3) is 3.57. The van der Waals surface area contributed by atoms with Crippen LogP contribution >= 0.6 is 0 Å². The maximum atomic E-state index is 9.06. The van der Waals surface area contributed by atoms with Gasteiger partial charge >= 0.3 is 0 Å². The number of fused-ring (bicyclic) bond motifs is 1. The maximum absolute atomic E-state index is 9.06. The van der Waals surface area contributed by atoms with Crippen LogP contribution in [0, 0.1) is 0 Å². The molecule has 2 aromatic rings. The van der Waals surface area contributed by atoms with E-state index in [1.807, 2.05) is 43.3 Å². The smallest absolute Gasteiger partial charge is 0.108 e. The number of nitrogen functional groups attached to an aromatic ring is 1. The first-order valence-electron chi connectivity index (χ1n) is 6.53. The predicted molar refractivity (Wildman–Crippen MR) is 87.5 cm³/mol. The zero-order valence-electron chi connectivity index (χ0n) is 11.8. The molecule has 106 valence electrons. The van der Waals surface area contributed by atoms with Crippen LogP contribution in [0.3, 0.4) is 0 Å². The second kappa shape index (κ2) is 6.52. The molecule has 2 rings (SSSR count). The molecule has 21 heavy (non-hydrogen) atoms. The van der Waals surface area contributed by atoms with Gasteiger partial charge in [-0.15, -0.1) is 5.11 Å². The number of benzene rings is 2. The van der Waals surface area contributed by atoms with E-state index in [-0.39, 0.29) is 5.76 Å². The number of aliphatic hydroxyl groups excluding tert-OH is 1. The summed E-state index contributed by atoms with van der Waals surface area (Å²) in [4.78, 5) is 0. The lowest BCUT2D eigenvalue weighted by atomic mass is 10.1. The van der Waals surface area contributed by atoms with E-state index < -0.39 is 0 Å². The summed E-state index contributed by atoms with van der Waals surface area (Å²) < 4.78 is 0. The van der Waals surface area contributed by atoms with Crippen molar-refractivity contribution >= 4 is 22.1 Å². The second-order valence-corrected chi connectivity index (χ2v) is 4.46. The molecule has 0 aliphatic carbocycles. The zero-order valence-corrected chi connectivity index (χ0v) is 11.8. The van der Waals surface area contributed by atoms with Gasteiger partial charge in [0.15, 0.2) is 0 Å². The Kier molecular flexibility index (Phi) is 4.51. The van der Waals surface area contributed by atoms with Crippen LogP contribution in [0.25, 0.3) is 10.8 Å². The van der Waals surface area contributed by atoms with Crippen LogP contribution in [0.15, 0.2) is 82.9 Å². The van der Waals surface area contributed by atoms with Crippen LogP contribution in [0.5, 0.6) is 0 Å². The summed E-state index contributed by atoms with van der Waals surface area (Å²) in [6, 6.07) is 11.4. The number of anilines is 1. The highest BCUT2D eigenvalue weighted by molar-refractivity contribution is 5.99. The van der Waals surface area contributed by atoms with E-state index in [9.17, 15) is 0 Å². The number of nitrogens with zero attached hydrogens (tertiary/aromatic N) is 2. The highest BCUT2D eigenvalue weighted by Crippen LogP contribution is 2.30. The molecule has 0 heterocycles. The quantitative estimate of drug-likeness (QED) is 0.356. The molecule has 4 heteroatoms. The fraction of sp³-hybridized carbons (Fsp3) is 0.0588. The molecule has 0 saturated heterocycles. The molecule has 0 aliphatic rings. The van der Waals surface area contributed by atoms with Gasteiger partial charge in [-0.05, 0) is 31.2 Å². The highest BCUT2D eigenvalue weighted by atomic mass is 16.3. The van der Waals surface area contributed by atoms with Gasteiger partial charge in [0.1, 0.15) is 5.76 Å². The van der Waals surface area contributed by atoms with Gasteiger partial charge in [-0.3, -0.25) is 0 Å². The maximum Gasteiger partial charge on any atom is 0.108 e. The van der Waals surface area contributed by atoms with Crippen LogP contribution in [0.4, 0.5) is 11.4 Å². The SMILES string of the molecule is C=C(O)\C=C/C(=C\C)/N=N/c1ccc(N)c2ccccc12. The Balaban J connectivity index is 2.38. The van der Waals surface area contributed by atoms with Gasteiger partial charge in [-0.25, -0.2) is 0 Å². The molecular weight excluding hydrogens is 262 g/mol. The molecular formula is C17H17N3O. The van der Waals surface area contributed by atoms with Gasteiger partial charge in [0.25, 0.3) is 0 Å². The van der Waals surface area contributed by atoms with E-state index in [4.69, 9.17) is 10.8 Å². The summed E-state index contributed by atoms with van der Waals surface area (Å²) in [5.41, 5.74) is 8.05. The fourth-order valence-corrected chi connectivity index (χ4v) is 1.87. The van der Waals surface area contributed by atoms with E-state index in [2.05, 4.69) is 16.8 Å². The molecule has 0 amide bonds. The summed E-state index contributed by atoms with van der Waals surface area (Å²) in [5.74, 6) is -0.0255. The molecule has 0 aliphatic heterocycles. The van der Waals surface area contributed by atoms with Gasteiger partial charge < -0.3 is 10.8 Å². The Hall–Kier alpha value is -2.88. The number of hydrogen-bond donors (Lipinski definition) is 2. The largest absolute Gasteiger partial charge is 0.509 e. The molecule has 0 unspecified atom stereocenters. The third-order valence-corrected chi connectivity index (χ3v) is 2.95. The lowest BCUT2D eigenvalue weighted by Gasteiger charge is -2.04.